The van der Waals surface area contributed by atoms with Crippen LogP contribution in [0.2, 0.25) is 0 Å². The van der Waals surface area contributed by atoms with E-state index in [-0.39, 0.29) is 5.91 Å². The van der Waals surface area contributed by atoms with Gasteiger partial charge in [-0.2, -0.15) is 0 Å². The Bertz CT molecular complexity index is 805. The van der Waals surface area contributed by atoms with Gasteiger partial charge in [0.05, 0.1) is 6.10 Å². The van der Waals surface area contributed by atoms with Gasteiger partial charge >= 0.3 is 0 Å². The molecular weight excluding hydrogens is 372 g/mol. The number of carbonyl (C=O) groups excluding carboxylic acids is 1. The molecule has 2 saturated heterocycles. The molecule has 160 valence electrons. The molecule has 2 aliphatic rings. The van der Waals surface area contributed by atoms with Crippen LogP contribution in [0.4, 0.5) is 5.69 Å². The highest BCUT2D eigenvalue weighted by Crippen LogP contribution is 2.44. The number of ether oxygens (including phenoxy) is 1. The van der Waals surface area contributed by atoms with Gasteiger partial charge in [0.25, 0.3) is 0 Å². The summed E-state index contributed by atoms with van der Waals surface area (Å²) in [6, 6.07) is 19.1. The molecule has 0 bridgehead atoms. The van der Waals surface area contributed by atoms with Gasteiger partial charge in [0.1, 0.15) is 0 Å². The minimum Gasteiger partial charge on any atom is -0.378 e. The van der Waals surface area contributed by atoms with E-state index in [9.17, 15) is 4.79 Å². The molecule has 2 heterocycles. The van der Waals surface area contributed by atoms with Crippen LogP contribution >= 0.6 is 0 Å². The number of piperidine rings is 1. The molecule has 4 heteroatoms. The third-order valence-corrected chi connectivity index (χ3v) is 6.90. The maximum absolute atomic E-state index is 11.2. The number of likely N-dealkylation sites (tertiary alicyclic amines) is 1. The maximum Gasteiger partial charge on any atom is 0.221 e. The van der Waals surface area contributed by atoms with Crippen LogP contribution in [0.5, 0.6) is 0 Å². The Kier molecular flexibility index (Phi) is 6.86. The molecule has 2 aromatic carbocycles. The van der Waals surface area contributed by atoms with Gasteiger partial charge in [0.15, 0.2) is 0 Å². The monoisotopic (exact) mass is 406 g/mol. The van der Waals surface area contributed by atoms with E-state index in [0.29, 0.717) is 11.5 Å². The maximum atomic E-state index is 11.2. The van der Waals surface area contributed by atoms with Crippen LogP contribution < -0.4 is 5.32 Å². The Labute approximate surface area is 180 Å². The number of amides is 1. The molecule has 0 radical (unpaired) electrons. The SMILES string of the molecule is CC(=O)Nc1ccc(CN2CCC(CCc3ccccc3)([C@@H]3CCCO3)CC2)cc1. The minimum atomic E-state index is -0.0280. The van der Waals surface area contributed by atoms with E-state index >= 15 is 0 Å². The first-order valence-corrected chi connectivity index (χ1v) is 11.4. The average Bonchev–Trinajstić information content (AvgIpc) is 3.31. The molecule has 4 nitrogen and oxygen atoms in total. The van der Waals surface area contributed by atoms with Gasteiger partial charge in [-0.1, -0.05) is 42.5 Å². The molecule has 2 fully saturated rings. The van der Waals surface area contributed by atoms with Gasteiger partial charge in [-0.05, 0) is 80.3 Å². The van der Waals surface area contributed by atoms with Crippen molar-refractivity contribution in [2.75, 3.05) is 25.0 Å². The van der Waals surface area contributed by atoms with Crippen molar-refractivity contribution in [3.05, 3.63) is 65.7 Å². The zero-order valence-electron chi connectivity index (χ0n) is 18.1. The quantitative estimate of drug-likeness (QED) is 0.700. The topological polar surface area (TPSA) is 41.6 Å². The van der Waals surface area contributed by atoms with Crippen LogP contribution in [0, 0.1) is 5.41 Å². The normalized spacial score (nSPS) is 21.4. The van der Waals surface area contributed by atoms with E-state index in [4.69, 9.17) is 4.74 Å². The van der Waals surface area contributed by atoms with Crippen LogP contribution in [0.1, 0.15) is 50.2 Å². The van der Waals surface area contributed by atoms with Gasteiger partial charge in [-0.3, -0.25) is 9.69 Å². The third kappa shape index (κ3) is 5.30. The Morgan fingerprint density at radius 1 is 1.07 bits per heavy atom. The standard InChI is InChI=1S/C26H34N2O2/c1-21(29)27-24-11-9-23(10-12-24)20-28-17-15-26(16-18-28,25-8-5-19-30-25)14-13-22-6-3-2-4-7-22/h2-4,6-7,9-12,25H,5,8,13-20H2,1H3,(H,27,29)/t25-/m0/s1. The first-order chi connectivity index (χ1) is 14.6. The summed E-state index contributed by atoms with van der Waals surface area (Å²) in [6.07, 6.45) is 7.66. The molecular formula is C26H34N2O2. The van der Waals surface area contributed by atoms with Crippen LogP contribution in [0.15, 0.2) is 54.6 Å². The van der Waals surface area contributed by atoms with E-state index in [0.717, 1.165) is 38.3 Å². The second-order valence-electron chi connectivity index (χ2n) is 9.00. The van der Waals surface area contributed by atoms with Gasteiger partial charge in [0, 0.05) is 25.8 Å². The van der Waals surface area contributed by atoms with Crippen LogP contribution in [0.25, 0.3) is 0 Å². The fourth-order valence-electron chi connectivity index (χ4n) is 5.14. The van der Waals surface area contributed by atoms with E-state index in [1.807, 2.05) is 12.1 Å². The zero-order chi connectivity index (χ0) is 20.8. The molecule has 2 aliphatic heterocycles. The van der Waals surface area contributed by atoms with Crippen molar-refractivity contribution in [2.45, 2.75) is 58.1 Å². The number of hydrogen-bond acceptors (Lipinski definition) is 3. The molecule has 1 atom stereocenters. The van der Waals surface area contributed by atoms with Gasteiger partial charge < -0.3 is 10.1 Å². The van der Waals surface area contributed by atoms with Crippen LogP contribution in [-0.2, 0) is 22.5 Å². The molecule has 1 N–H and O–H groups in total. The number of hydrogen-bond donors (Lipinski definition) is 1. The Hall–Kier alpha value is -2.17. The summed E-state index contributed by atoms with van der Waals surface area (Å²) in [4.78, 5) is 13.8. The second-order valence-corrected chi connectivity index (χ2v) is 9.00. The summed E-state index contributed by atoms with van der Waals surface area (Å²) < 4.78 is 6.23. The van der Waals surface area contributed by atoms with Crippen molar-refractivity contribution in [1.29, 1.82) is 0 Å². The predicted octanol–water partition coefficient (Wildman–Crippen LogP) is 5.04. The minimum absolute atomic E-state index is 0.0280. The molecule has 2 aromatic rings. The molecule has 4 rings (SSSR count). The van der Waals surface area contributed by atoms with Crippen molar-refractivity contribution < 1.29 is 9.53 Å². The summed E-state index contributed by atoms with van der Waals surface area (Å²) in [6.45, 7) is 5.70. The van der Waals surface area contributed by atoms with Crippen molar-refractivity contribution in [3.63, 3.8) is 0 Å². The lowest BCUT2D eigenvalue weighted by Crippen LogP contribution is -2.46. The summed E-state index contributed by atoms with van der Waals surface area (Å²) in [5, 5.41) is 2.84. The highest BCUT2D eigenvalue weighted by Gasteiger charge is 2.43. The number of aryl methyl sites for hydroxylation is 1. The van der Waals surface area contributed by atoms with E-state index in [2.05, 4.69) is 52.7 Å². The fraction of sp³-hybridized carbons (Fsp3) is 0.500. The predicted molar refractivity (Wildman–Crippen MR) is 121 cm³/mol. The van der Waals surface area contributed by atoms with Gasteiger partial charge in [0.2, 0.25) is 5.91 Å². The second kappa shape index (κ2) is 9.76. The number of anilines is 1. The number of benzene rings is 2. The van der Waals surface area contributed by atoms with Crippen molar-refractivity contribution >= 4 is 11.6 Å². The zero-order valence-corrected chi connectivity index (χ0v) is 18.1. The van der Waals surface area contributed by atoms with Crippen molar-refractivity contribution in [2.24, 2.45) is 5.41 Å². The highest BCUT2D eigenvalue weighted by atomic mass is 16.5. The summed E-state index contributed by atoms with van der Waals surface area (Å²) in [5.74, 6) is -0.0280. The number of nitrogens with one attached hydrogen (secondary N) is 1. The largest absolute Gasteiger partial charge is 0.378 e. The molecule has 1 amide bonds. The van der Waals surface area contributed by atoms with Crippen LogP contribution in [0.3, 0.4) is 0 Å². The number of nitrogens with zero attached hydrogens (tertiary/aromatic N) is 1. The van der Waals surface area contributed by atoms with Crippen LogP contribution in [-0.4, -0.2) is 36.6 Å². The Morgan fingerprint density at radius 3 is 2.43 bits per heavy atom. The molecule has 0 saturated carbocycles. The summed E-state index contributed by atoms with van der Waals surface area (Å²) >= 11 is 0. The highest BCUT2D eigenvalue weighted by molar-refractivity contribution is 5.88. The Balaban J connectivity index is 1.36. The average molecular weight is 407 g/mol. The van der Waals surface area contributed by atoms with Gasteiger partial charge in [-0.25, -0.2) is 0 Å². The molecule has 0 aromatic heterocycles. The number of carbonyl (C=O) groups is 1. The van der Waals surface area contributed by atoms with Gasteiger partial charge in [-0.15, -0.1) is 0 Å². The third-order valence-electron chi connectivity index (χ3n) is 6.90. The van der Waals surface area contributed by atoms with E-state index in [1.165, 1.54) is 43.2 Å². The lowest BCUT2D eigenvalue weighted by Gasteiger charge is -2.45. The molecule has 0 aliphatic carbocycles. The first-order valence-electron chi connectivity index (χ1n) is 11.4. The summed E-state index contributed by atoms with van der Waals surface area (Å²) in [7, 11) is 0. The van der Waals surface area contributed by atoms with Crippen molar-refractivity contribution in [1.82, 2.24) is 4.90 Å². The Morgan fingerprint density at radius 2 is 1.80 bits per heavy atom. The smallest absolute Gasteiger partial charge is 0.221 e. The van der Waals surface area contributed by atoms with E-state index in [1.54, 1.807) is 6.92 Å². The molecule has 0 unspecified atom stereocenters. The lowest BCUT2D eigenvalue weighted by molar-refractivity contribution is -0.114. The lowest BCUT2D eigenvalue weighted by atomic mass is 9.69. The fourth-order valence-corrected chi connectivity index (χ4v) is 5.14. The first kappa shape index (κ1) is 21.1. The van der Waals surface area contributed by atoms with Crippen molar-refractivity contribution in [3.8, 4) is 0 Å². The molecule has 0 spiro atoms. The molecule has 30 heavy (non-hydrogen) atoms. The number of rotatable bonds is 7. The van der Waals surface area contributed by atoms with E-state index < -0.39 is 0 Å². The summed E-state index contributed by atoms with van der Waals surface area (Å²) in [5.41, 5.74) is 3.93.